The van der Waals surface area contributed by atoms with Gasteiger partial charge in [0.2, 0.25) is 0 Å². The second-order valence-electron chi connectivity index (χ2n) is 5.15. The van der Waals surface area contributed by atoms with Gasteiger partial charge in [-0.15, -0.1) is 0 Å². The van der Waals surface area contributed by atoms with Gasteiger partial charge in [-0.05, 0) is 24.6 Å². The summed E-state index contributed by atoms with van der Waals surface area (Å²) < 4.78 is 1.53. The Kier molecular flexibility index (Phi) is 3.63. The van der Waals surface area contributed by atoms with Crippen LogP contribution < -0.4 is 5.56 Å². The van der Waals surface area contributed by atoms with Crippen molar-refractivity contribution in [3.63, 3.8) is 0 Å². The van der Waals surface area contributed by atoms with E-state index in [9.17, 15) is 4.79 Å². The molecule has 4 nitrogen and oxygen atoms in total. The molecule has 0 unspecified atom stereocenters. The summed E-state index contributed by atoms with van der Waals surface area (Å²) in [6, 6.07) is 16.9. The van der Waals surface area contributed by atoms with E-state index in [1.54, 1.807) is 24.3 Å². The summed E-state index contributed by atoms with van der Waals surface area (Å²) in [5, 5.41) is 3.11. The largest absolute Gasteiger partial charge is 0.295 e. The maximum Gasteiger partial charge on any atom is 0.274 e. The van der Waals surface area contributed by atoms with Crippen molar-refractivity contribution < 1.29 is 0 Å². The molecule has 22 heavy (non-hydrogen) atoms. The Morgan fingerprint density at radius 1 is 1.09 bits per heavy atom. The average molecular weight is 289 g/mol. The van der Waals surface area contributed by atoms with E-state index in [1.807, 2.05) is 37.3 Å². The Labute approximate surface area is 128 Å². The van der Waals surface area contributed by atoms with Crippen molar-refractivity contribution in [3.8, 4) is 5.69 Å². The smallest absolute Gasteiger partial charge is 0.274 e. The average Bonchev–Trinajstić information content (AvgIpc) is 2.84. The molecule has 0 saturated carbocycles. The summed E-state index contributed by atoms with van der Waals surface area (Å²) in [5.74, 6) is 0. The number of rotatable bonds is 3. The first kappa shape index (κ1) is 13.9. The van der Waals surface area contributed by atoms with Crippen LogP contribution in [0.3, 0.4) is 0 Å². The van der Waals surface area contributed by atoms with Crippen molar-refractivity contribution in [2.75, 3.05) is 0 Å². The number of nitrogens with one attached hydrogen (secondary N) is 1. The zero-order valence-electron chi connectivity index (χ0n) is 12.2. The molecular formula is C18H15N3O. The Bertz CT molecular complexity index is 881. The van der Waals surface area contributed by atoms with Gasteiger partial charge in [-0.3, -0.25) is 9.89 Å². The predicted molar refractivity (Wildman–Crippen MR) is 86.6 cm³/mol. The van der Waals surface area contributed by atoms with Crippen molar-refractivity contribution >= 4 is 5.69 Å². The van der Waals surface area contributed by atoms with E-state index in [0.29, 0.717) is 12.1 Å². The molecule has 0 aliphatic carbocycles. The lowest BCUT2D eigenvalue weighted by molar-refractivity contribution is 0.835. The molecule has 3 aromatic rings. The van der Waals surface area contributed by atoms with Crippen LogP contribution in [0, 0.1) is 13.5 Å². The third-order valence-electron chi connectivity index (χ3n) is 3.65. The number of H-pyrrole nitrogens is 1. The van der Waals surface area contributed by atoms with Crippen LogP contribution in [0.25, 0.3) is 10.5 Å². The van der Waals surface area contributed by atoms with Gasteiger partial charge < -0.3 is 0 Å². The SMILES string of the molecule is [C-]#[N+]c1ccc(-n2[nH]c(C)c(Cc3ccccc3)c2=O)cc1. The van der Waals surface area contributed by atoms with E-state index in [0.717, 1.165) is 22.5 Å². The van der Waals surface area contributed by atoms with Crippen molar-refractivity contribution in [3.05, 3.63) is 93.2 Å². The fourth-order valence-corrected chi connectivity index (χ4v) is 2.45. The number of aryl methyl sites for hydroxylation is 1. The quantitative estimate of drug-likeness (QED) is 0.735. The molecule has 0 bridgehead atoms. The van der Waals surface area contributed by atoms with Crippen LogP contribution in [0.4, 0.5) is 5.69 Å². The Morgan fingerprint density at radius 2 is 1.77 bits per heavy atom. The van der Waals surface area contributed by atoms with E-state index >= 15 is 0 Å². The van der Waals surface area contributed by atoms with E-state index in [4.69, 9.17) is 6.57 Å². The number of aromatic nitrogens is 2. The second-order valence-corrected chi connectivity index (χ2v) is 5.15. The van der Waals surface area contributed by atoms with Gasteiger partial charge in [0.1, 0.15) is 0 Å². The number of hydrogen-bond donors (Lipinski definition) is 1. The summed E-state index contributed by atoms with van der Waals surface area (Å²) in [7, 11) is 0. The van der Waals surface area contributed by atoms with Crippen LogP contribution in [0.5, 0.6) is 0 Å². The summed E-state index contributed by atoms with van der Waals surface area (Å²) in [5.41, 5.74) is 3.99. The molecule has 4 heteroatoms. The third kappa shape index (κ3) is 2.57. The van der Waals surface area contributed by atoms with E-state index in [2.05, 4.69) is 9.94 Å². The minimum atomic E-state index is -0.0445. The van der Waals surface area contributed by atoms with Crippen molar-refractivity contribution in [1.29, 1.82) is 0 Å². The number of hydrogen-bond acceptors (Lipinski definition) is 1. The van der Waals surface area contributed by atoms with E-state index in [-0.39, 0.29) is 5.56 Å². The molecule has 0 aliphatic rings. The van der Waals surface area contributed by atoms with Gasteiger partial charge >= 0.3 is 0 Å². The molecule has 1 aromatic heterocycles. The summed E-state index contributed by atoms with van der Waals surface area (Å²) >= 11 is 0. The van der Waals surface area contributed by atoms with Gasteiger partial charge in [-0.1, -0.05) is 42.5 Å². The lowest BCUT2D eigenvalue weighted by Crippen LogP contribution is -2.17. The zero-order valence-corrected chi connectivity index (χ0v) is 12.2. The van der Waals surface area contributed by atoms with Gasteiger partial charge in [0, 0.05) is 17.7 Å². The minimum absolute atomic E-state index is 0.0445. The zero-order chi connectivity index (χ0) is 15.5. The lowest BCUT2D eigenvalue weighted by Gasteiger charge is -2.01. The minimum Gasteiger partial charge on any atom is -0.295 e. The highest BCUT2D eigenvalue weighted by Gasteiger charge is 2.12. The second kappa shape index (κ2) is 5.74. The molecule has 0 atom stereocenters. The van der Waals surface area contributed by atoms with Crippen LogP contribution >= 0.6 is 0 Å². The first-order valence-corrected chi connectivity index (χ1v) is 7.01. The fraction of sp³-hybridized carbons (Fsp3) is 0.111. The van der Waals surface area contributed by atoms with Crippen LogP contribution in [-0.2, 0) is 6.42 Å². The first-order valence-electron chi connectivity index (χ1n) is 7.01. The molecule has 108 valence electrons. The maximum absolute atomic E-state index is 12.6. The van der Waals surface area contributed by atoms with E-state index in [1.165, 1.54) is 4.68 Å². The Morgan fingerprint density at radius 3 is 2.41 bits per heavy atom. The Hall–Kier alpha value is -3.06. The lowest BCUT2D eigenvalue weighted by atomic mass is 10.1. The summed E-state index contributed by atoms with van der Waals surface area (Å²) in [6.07, 6.45) is 0.606. The van der Waals surface area contributed by atoms with Gasteiger partial charge in [-0.2, -0.15) is 0 Å². The predicted octanol–water partition coefficient (Wildman–Crippen LogP) is 3.62. The number of nitrogens with zero attached hydrogens (tertiary/aromatic N) is 2. The molecule has 2 aromatic carbocycles. The highest BCUT2D eigenvalue weighted by atomic mass is 16.1. The van der Waals surface area contributed by atoms with Crippen molar-refractivity contribution in [2.45, 2.75) is 13.3 Å². The van der Waals surface area contributed by atoms with Gasteiger partial charge in [0.05, 0.1) is 12.3 Å². The third-order valence-corrected chi connectivity index (χ3v) is 3.65. The highest BCUT2D eigenvalue weighted by Crippen LogP contribution is 2.16. The molecule has 0 saturated heterocycles. The van der Waals surface area contributed by atoms with Gasteiger partial charge in [-0.25, -0.2) is 9.53 Å². The molecule has 0 fully saturated rings. The van der Waals surface area contributed by atoms with Crippen LogP contribution in [0.1, 0.15) is 16.8 Å². The van der Waals surface area contributed by atoms with Crippen molar-refractivity contribution in [2.24, 2.45) is 0 Å². The standard InChI is InChI=1S/C18H15N3O/c1-13-17(12-14-6-4-3-5-7-14)18(22)21(20-13)16-10-8-15(19-2)9-11-16/h3-11,20H,12H2,1H3. The molecule has 0 amide bonds. The molecule has 1 heterocycles. The number of benzene rings is 2. The van der Waals surface area contributed by atoms with E-state index < -0.39 is 0 Å². The molecular weight excluding hydrogens is 274 g/mol. The number of aromatic amines is 1. The highest BCUT2D eigenvalue weighted by molar-refractivity contribution is 5.49. The molecule has 0 radical (unpaired) electrons. The van der Waals surface area contributed by atoms with Crippen LogP contribution in [-0.4, -0.2) is 9.78 Å². The Balaban J connectivity index is 1.99. The monoisotopic (exact) mass is 289 g/mol. The fourth-order valence-electron chi connectivity index (χ4n) is 2.45. The first-order chi connectivity index (χ1) is 10.7. The normalized spacial score (nSPS) is 10.4. The molecule has 0 aliphatic heterocycles. The van der Waals surface area contributed by atoms with Crippen molar-refractivity contribution in [1.82, 2.24) is 9.78 Å². The molecule has 1 N–H and O–H groups in total. The van der Waals surface area contributed by atoms with Gasteiger partial charge in [0.25, 0.3) is 5.56 Å². The van der Waals surface area contributed by atoms with Gasteiger partial charge in [0.15, 0.2) is 5.69 Å². The topological polar surface area (TPSA) is 42.1 Å². The summed E-state index contributed by atoms with van der Waals surface area (Å²) in [4.78, 5) is 16.0. The molecule has 0 spiro atoms. The summed E-state index contributed by atoms with van der Waals surface area (Å²) in [6.45, 7) is 8.88. The maximum atomic E-state index is 12.6. The van der Waals surface area contributed by atoms with Crippen LogP contribution in [0.15, 0.2) is 59.4 Å². The van der Waals surface area contributed by atoms with Crippen LogP contribution in [0.2, 0.25) is 0 Å². The molecule has 3 rings (SSSR count).